The third-order valence-corrected chi connectivity index (χ3v) is 3.56. The standard InChI is InChI=1S/C15H19NS/c1-4-16-15(13-5-6-17-10-13)14-8-11(2)7-12(3)9-14/h5-10,15-16H,4H2,1-3H3. The van der Waals surface area contributed by atoms with Gasteiger partial charge in [-0.2, -0.15) is 11.3 Å². The molecule has 2 heteroatoms. The average Bonchev–Trinajstić information content (AvgIpc) is 2.77. The van der Waals surface area contributed by atoms with Crippen LogP contribution in [0, 0.1) is 13.8 Å². The van der Waals surface area contributed by atoms with Gasteiger partial charge in [0, 0.05) is 0 Å². The lowest BCUT2D eigenvalue weighted by Crippen LogP contribution is -2.21. The summed E-state index contributed by atoms with van der Waals surface area (Å²) in [5.41, 5.74) is 5.39. The molecule has 0 amide bonds. The fraction of sp³-hybridized carbons (Fsp3) is 0.333. The van der Waals surface area contributed by atoms with Gasteiger partial charge in [0.2, 0.25) is 0 Å². The van der Waals surface area contributed by atoms with E-state index in [1.165, 1.54) is 22.3 Å². The number of rotatable bonds is 4. The zero-order valence-electron chi connectivity index (χ0n) is 10.7. The summed E-state index contributed by atoms with van der Waals surface area (Å²) in [5, 5.41) is 7.93. The van der Waals surface area contributed by atoms with Crippen LogP contribution in [0.5, 0.6) is 0 Å². The molecule has 0 radical (unpaired) electrons. The fourth-order valence-corrected chi connectivity index (χ4v) is 2.93. The molecule has 90 valence electrons. The molecule has 0 bridgehead atoms. The Kier molecular flexibility index (Phi) is 3.97. The van der Waals surface area contributed by atoms with Gasteiger partial charge in [0.1, 0.15) is 0 Å². The highest BCUT2D eigenvalue weighted by Gasteiger charge is 2.13. The molecule has 0 fully saturated rings. The van der Waals surface area contributed by atoms with Gasteiger partial charge in [-0.25, -0.2) is 0 Å². The van der Waals surface area contributed by atoms with Crippen LogP contribution in [0.15, 0.2) is 35.0 Å². The predicted molar refractivity (Wildman–Crippen MR) is 75.8 cm³/mol. The predicted octanol–water partition coefficient (Wildman–Crippen LogP) is 4.06. The molecule has 1 unspecified atom stereocenters. The summed E-state index contributed by atoms with van der Waals surface area (Å²) < 4.78 is 0. The number of nitrogens with one attached hydrogen (secondary N) is 1. The molecule has 1 aromatic carbocycles. The summed E-state index contributed by atoms with van der Waals surface area (Å²) in [7, 11) is 0. The quantitative estimate of drug-likeness (QED) is 0.856. The van der Waals surface area contributed by atoms with Gasteiger partial charge in [-0.1, -0.05) is 36.2 Å². The van der Waals surface area contributed by atoms with Crippen LogP contribution in [0.25, 0.3) is 0 Å². The van der Waals surface area contributed by atoms with Crippen LogP contribution < -0.4 is 5.32 Å². The maximum atomic E-state index is 3.56. The van der Waals surface area contributed by atoms with E-state index in [4.69, 9.17) is 0 Å². The van der Waals surface area contributed by atoms with E-state index in [-0.39, 0.29) is 0 Å². The average molecular weight is 245 g/mol. The van der Waals surface area contributed by atoms with Crippen molar-refractivity contribution in [3.05, 3.63) is 57.3 Å². The number of hydrogen-bond acceptors (Lipinski definition) is 2. The van der Waals surface area contributed by atoms with E-state index in [2.05, 4.69) is 61.1 Å². The third kappa shape index (κ3) is 2.96. The lowest BCUT2D eigenvalue weighted by Gasteiger charge is -2.18. The van der Waals surface area contributed by atoms with Crippen molar-refractivity contribution in [1.29, 1.82) is 0 Å². The Morgan fingerprint density at radius 2 is 1.82 bits per heavy atom. The van der Waals surface area contributed by atoms with Crippen LogP contribution >= 0.6 is 11.3 Å². The second-order valence-electron chi connectivity index (χ2n) is 4.47. The van der Waals surface area contributed by atoms with Gasteiger partial charge in [0.05, 0.1) is 6.04 Å². The third-order valence-electron chi connectivity index (χ3n) is 2.86. The normalized spacial score (nSPS) is 12.6. The first-order chi connectivity index (χ1) is 8.20. The van der Waals surface area contributed by atoms with Crippen molar-refractivity contribution in [2.75, 3.05) is 6.54 Å². The Morgan fingerprint density at radius 3 is 2.35 bits per heavy atom. The maximum Gasteiger partial charge on any atom is 0.0585 e. The smallest absolute Gasteiger partial charge is 0.0585 e. The van der Waals surface area contributed by atoms with E-state index in [0.717, 1.165) is 6.54 Å². The summed E-state index contributed by atoms with van der Waals surface area (Å²) in [4.78, 5) is 0. The highest BCUT2D eigenvalue weighted by atomic mass is 32.1. The Balaban J connectivity index is 2.38. The SMILES string of the molecule is CCNC(c1ccsc1)c1cc(C)cc(C)c1. The van der Waals surface area contributed by atoms with Crippen molar-refractivity contribution >= 4 is 11.3 Å². The molecule has 1 nitrogen and oxygen atoms in total. The Hall–Kier alpha value is -1.12. The number of hydrogen-bond donors (Lipinski definition) is 1. The van der Waals surface area contributed by atoms with Gasteiger partial charge in [-0.15, -0.1) is 0 Å². The van der Waals surface area contributed by atoms with Gasteiger partial charge in [0.25, 0.3) is 0 Å². The summed E-state index contributed by atoms with van der Waals surface area (Å²) in [6.45, 7) is 7.45. The molecule has 0 spiro atoms. The van der Waals surface area contributed by atoms with Crippen LogP contribution in [0.3, 0.4) is 0 Å². The molecule has 2 rings (SSSR count). The lowest BCUT2D eigenvalue weighted by molar-refractivity contribution is 0.631. The number of benzene rings is 1. The fourth-order valence-electron chi connectivity index (χ4n) is 2.25. The Morgan fingerprint density at radius 1 is 1.12 bits per heavy atom. The van der Waals surface area contributed by atoms with E-state index in [0.29, 0.717) is 6.04 Å². The van der Waals surface area contributed by atoms with E-state index >= 15 is 0 Å². The lowest BCUT2D eigenvalue weighted by atomic mass is 9.97. The molecule has 0 aliphatic carbocycles. The molecule has 1 heterocycles. The molecule has 1 aromatic heterocycles. The first-order valence-corrected chi connectivity index (χ1v) is 6.98. The zero-order valence-corrected chi connectivity index (χ0v) is 11.5. The second kappa shape index (κ2) is 5.48. The molecule has 0 aliphatic heterocycles. The van der Waals surface area contributed by atoms with Crippen molar-refractivity contribution < 1.29 is 0 Å². The van der Waals surface area contributed by atoms with Crippen LogP contribution in [0.2, 0.25) is 0 Å². The van der Waals surface area contributed by atoms with Gasteiger partial charge in [0.15, 0.2) is 0 Å². The van der Waals surface area contributed by atoms with Crippen molar-refractivity contribution in [1.82, 2.24) is 5.32 Å². The second-order valence-corrected chi connectivity index (χ2v) is 5.25. The molecule has 0 aliphatic rings. The van der Waals surface area contributed by atoms with E-state index < -0.39 is 0 Å². The van der Waals surface area contributed by atoms with E-state index in [9.17, 15) is 0 Å². The number of aryl methyl sites for hydroxylation is 2. The summed E-state index contributed by atoms with van der Waals surface area (Å²) in [6, 6.07) is 9.30. The van der Waals surface area contributed by atoms with Crippen molar-refractivity contribution in [2.24, 2.45) is 0 Å². The largest absolute Gasteiger partial charge is 0.307 e. The minimum atomic E-state index is 0.324. The molecule has 0 saturated heterocycles. The summed E-state index contributed by atoms with van der Waals surface area (Å²) >= 11 is 1.76. The molecular formula is C15H19NS. The highest BCUT2D eigenvalue weighted by Crippen LogP contribution is 2.25. The minimum Gasteiger partial charge on any atom is -0.307 e. The van der Waals surface area contributed by atoms with Crippen LogP contribution in [0.4, 0.5) is 0 Å². The first-order valence-electron chi connectivity index (χ1n) is 6.04. The number of thiophene rings is 1. The van der Waals surface area contributed by atoms with Crippen LogP contribution in [-0.4, -0.2) is 6.54 Å². The zero-order chi connectivity index (χ0) is 12.3. The van der Waals surface area contributed by atoms with Crippen molar-refractivity contribution in [3.8, 4) is 0 Å². The maximum absolute atomic E-state index is 3.56. The summed E-state index contributed by atoms with van der Waals surface area (Å²) in [6.07, 6.45) is 0. The molecule has 17 heavy (non-hydrogen) atoms. The Bertz CT molecular complexity index is 453. The summed E-state index contributed by atoms with van der Waals surface area (Å²) in [5.74, 6) is 0. The van der Waals surface area contributed by atoms with Crippen LogP contribution in [-0.2, 0) is 0 Å². The van der Waals surface area contributed by atoms with E-state index in [1.54, 1.807) is 11.3 Å². The van der Waals surface area contributed by atoms with Gasteiger partial charge in [-0.05, 0) is 48.3 Å². The van der Waals surface area contributed by atoms with Gasteiger partial charge in [-0.3, -0.25) is 0 Å². The molecule has 1 atom stereocenters. The Labute approximate surface area is 108 Å². The molecule has 0 saturated carbocycles. The first kappa shape index (κ1) is 12.3. The van der Waals surface area contributed by atoms with Crippen LogP contribution in [0.1, 0.15) is 35.2 Å². The van der Waals surface area contributed by atoms with Crippen molar-refractivity contribution in [2.45, 2.75) is 26.8 Å². The van der Waals surface area contributed by atoms with Crippen molar-refractivity contribution in [3.63, 3.8) is 0 Å². The highest BCUT2D eigenvalue weighted by molar-refractivity contribution is 7.08. The molecular weight excluding hydrogens is 226 g/mol. The van der Waals surface area contributed by atoms with E-state index in [1.807, 2.05) is 0 Å². The molecule has 2 aromatic rings. The monoisotopic (exact) mass is 245 g/mol. The van der Waals surface area contributed by atoms with Gasteiger partial charge >= 0.3 is 0 Å². The minimum absolute atomic E-state index is 0.324. The van der Waals surface area contributed by atoms with Gasteiger partial charge < -0.3 is 5.32 Å². The topological polar surface area (TPSA) is 12.0 Å². The molecule has 1 N–H and O–H groups in total.